The van der Waals surface area contributed by atoms with Gasteiger partial charge in [0.05, 0.1) is 5.69 Å². The van der Waals surface area contributed by atoms with Crippen LogP contribution in [0.5, 0.6) is 5.75 Å². The first kappa shape index (κ1) is 26.0. The topological polar surface area (TPSA) is 113 Å². The monoisotopic (exact) mass is 528 g/mol. The van der Waals surface area contributed by atoms with E-state index in [4.69, 9.17) is 0 Å². The lowest BCUT2D eigenvalue weighted by molar-refractivity contribution is -0.127. The Balaban J connectivity index is 1.51. The number of carbonyl (C=O) groups is 2. The number of phenolic OH excluding ortho intramolecular Hbond substituents is 1. The van der Waals surface area contributed by atoms with Crippen LogP contribution in [0.2, 0.25) is 0 Å². The standard InChI is InChI=1S/C29H29FN6O3/c1-19-10-12-21(13-11-19)28-32-34-35(33-28)18-26(38)36(25-9-5-4-8-24(25)30)27(20-14-16-23(37)17-15-20)29(39)31-22-6-2-3-7-22/h4-5,8-17,22,27,37H,2-3,6-7,18H2,1H3,(H,31,39). The summed E-state index contributed by atoms with van der Waals surface area (Å²) in [7, 11) is 0. The summed E-state index contributed by atoms with van der Waals surface area (Å²) in [6.07, 6.45) is 3.69. The van der Waals surface area contributed by atoms with Gasteiger partial charge in [-0.2, -0.15) is 4.80 Å². The van der Waals surface area contributed by atoms with E-state index in [2.05, 4.69) is 20.7 Å². The molecule has 1 aromatic heterocycles. The second-order valence-corrected chi connectivity index (χ2v) is 9.71. The fourth-order valence-electron chi connectivity index (χ4n) is 4.81. The molecule has 10 heteroatoms. The van der Waals surface area contributed by atoms with Gasteiger partial charge in [0.15, 0.2) is 0 Å². The number of hydrogen-bond acceptors (Lipinski definition) is 6. The molecule has 1 aliphatic rings. The zero-order valence-electron chi connectivity index (χ0n) is 21.5. The van der Waals surface area contributed by atoms with E-state index in [1.54, 1.807) is 18.2 Å². The average molecular weight is 529 g/mol. The highest BCUT2D eigenvalue weighted by Crippen LogP contribution is 2.32. The molecule has 4 aromatic rings. The molecule has 1 unspecified atom stereocenters. The van der Waals surface area contributed by atoms with Gasteiger partial charge in [-0.25, -0.2) is 4.39 Å². The molecule has 1 saturated carbocycles. The molecule has 2 amide bonds. The first-order valence-corrected chi connectivity index (χ1v) is 12.9. The van der Waals surface area contributed by atoms with Crippen LogP contribution in [0.3, 0.4) is 0 Å². The minimum Gasteiger partial charge on any atom is -0.508 e. The second-order valence-electron chi connectivity index (χ2n) is 9.71. The summed E-state index contributed by atoms with van der Waals surface area (Å²) in [6, 6.07) is 18.1. The van der Waals surface area contributed by atoms with Crippen LogP contribution in [-0.2, 0) is 16.1 Å². The Morgan fingerprint density at radius 2 is 1.74 bits per heavy atom. The van der Waals surface area contributed by atoms with E-state index in [-0.39, 0.29) is 24.0 Å². The van der Waals surface area contributed by atoms with Crippen molar-refractivity contribution in [3.8, 4) is 17.1 Å². The predicted octanol–water partition coefficient (Wildman–Crippen LogP) is 4.33. The van der Waals surface area contributed by atoms with E-state index in [0.717, 1.165) is 46.5 Å². The van der Waals surface area contributed by atoms with Gasteiger partial charge >= 0.3 is 0 Å². The summed E-state index contributed by atoms with van der Waals surface area (Å²) in [5, 5.41) is 25.3. The van der Waals surface area contributed by atoms with Gasteiger partial charge in [0, 0.05) is 11.6 Å². The number of para-hydroxylation sites is 1. The SMILES string of the molecule is Cc1ccc(-c2nnn(CC(=O)N(c3ccccc3F)C(C(=O)NC3CCCC3)c3ccc(O)cc3)n2)cc1. The number of aryl methyl sites for hydroxylation is 1. The molecule has 0 aliphatic heterocycles. The number of phenols is 1. The molecule has 0 bridgehead atoms. The van der Waals surface area contributed by atoms with Gasteiger partial charge in [-0.1, -0.05) is 66.9 Å². The number of rotatable bonds is 8. The van der Waals surface area contributed by atoms with Crippen molar-refractivity contribution in [2.75, 3.05) is 4.90 Å². The molecule has 1 aliphatic carbocycles. The molecule has 1 fully saturated rings. The van der Waals surface area contributed by atoms with Crippen LogP contribution in [0.15, 0.2) is 72.8 Å². The third-order valence-corrected chi connectivity index (χ3v) is 6.84. The van der Waals surface area contributed by atoms with Gasteiger partial charge in [-0.15, -0.1) is 10.2 Å². The quantitative estimate of drug-likeness (QED) is 0.352. The smallest absolute Gasteiger partial charge is 0.251 e. The number of anilines is 1. The Morgan fingerprint density at radius 3 is 2.44 bits per heavy atom. The van der Waals surface area contributed by atoms with Crippen molar-refractivity contribution >= 4 is 17.5 Å². The number of benzene rings is 3. The van der Waals surface area contributed by atoms with Crippen molar-refractivity contribution < 1.29 is 19.1 Å². The molecule has 1 heterocycles. The highest BCUT2D eigenvalue weighted by Gasteiger charge is 2.36. The predicted molar refractivity (Wildman–Crippen MR) is 143 cm³/mol. The normalized spacial score (nSPS) is 14.2. The minimum atomic E-state index is -1.20. The Labute approximate surface area is 225 Å². The van der Waals surface area contributed by atoms with Crippen LogP contribution in [-0.4, -0.2) is 43.2 Å². The van der Waals surface area contributed by atoms with Crippen LogP contribution >= 0.6 is 0 Å². The maximum absolute atomic E-state index is 15.2. The number of hydrogen-bond donors (Lipinski definition) is 2. The number of carbonyl (C=O) groups excluding carboxylic acids is 2. The fourth-order valence-corrected chi connectivity index (χ4v) is 4.81. The molecule has 0 radical (unpaired) electrons. The Kier molecular flexibility index (Phi) is 7.62. The molecule has 0 saturated heterocycles. The molecule has 0 spiro atoms. The lowest BCUT2D eigenvalue weighted by Crippen LogP contribution is -2.47. The van der Waals surface area contributed by atoms with Crippen LogP contribution in [0.1, 0.15) is 42.9 Å². The van der Waals surface area contributed by atoms with Gasteiger partial charge in [0.1, 0.15) is 24.2 Å². The molecule has 200 valence electrons. The molecule has 39 heavy (non-hydrogen) atoms. The number of nitrogens with zero attached hydrogens (tertiary/aromatic N) is 5. The number of tetrazole rings is 1. The van der Waals surface area contributed by atoms with E-state index in [9.17, 15) is 14.7 Å². The van der Waals surface area contributed by atoms with Gasteiger partial charge < -0.3 is 10.4 Å². The lowest BCUT2D eigenvalue weighted by atomic mass is 10.0. The van der Waals surface area contributed by atoms with Gasteiger partial charge in [0.25, 0.3) is 5.91 Å². The maximum Gasteiger partial charge on any atom is 0.251 e. The maximum atomic E-state index is 15.2. The summed E-state index contributed by atoms with van der Waals surface area (Å²) in [5.74, 6) is -1.35. The molecular formula is C29H29FN6O3. The van der Waals surface area contributed by atoms with Crippen LogP contribution in [0, 0.1) is 12.7 Å². The lowest BCUT2D eigenvalue weighted by Gasteiger charge is -2.32. The van der Waals surface area contributed by atoms with Crippen molar-refractivity contribution in [1.82, 2.24) is 25.5 Å². The van der Waals surface area contributed by atoms with Crippen molar-refractivity contribution in [3.63, 3.8) is 0 Å². The largest absolute Gasteiger partial charge is 0.508 e. The van der Waals surface area contributed by atoms with Crippen LogP contribution in [0.25, 0.3) is 11.4 Å². The first-order chi connectivity index (χ1) is 18.9. The minimum absolute atomic E-state index is 0.00733. The third kappa shape index (κ3) is 5.95. The second kappa shape index (κ2) is 11.4. The number of nitrogens with one attached hydrogen (secondary N) is 1. The molecular weight excluding hydrogens is 499 g/mol. The molecule has 3 aromatic carbocycles. The highest BCUT2D eigenvalue weighted by atomic mass is 19.1. The van der Waals surface area contributed by atoms with E-state index >= 15 is 4.39 Å². The Bertz CT molecular complexity index is 1450. The number of amides is 2. The number of halogens is 1. The van der Waals surface area contributed by atoms with Gasteiger partial charge in [-0.3, -0.25) is 14.5 Å². The number of aromatic hydroxyl groups is 1. The summed E-state index contributed by atoms with van der Waals surface area (Å²) >= 11 is 0. The van der Waals surface area contributed by atoms with Crippen molar-refractivity contribution in [3.05, 3.63) is 89.7 Å². The van der Waals surface area contributed by atoms with E-state index in [0.29, 0.717) is 11.4 Å². The summed E-state index contributed by atoms with van der Waals surface area (Å²) in [4.78, 5) is 29.9. The van der Waals surface area contributed by atoms with Crippen molar-refractivity contribution in [2.45, 2.75) is 51.2 Å². The highest BCUT2D eigenvalue weighted by molar-refractivity contribution is 6.01. The van der Waals surface area contributed by atoms with Crippen molar-refractivity contribution in [1.29, 1.82) is 0 Å². The van der Waals surface area contributed by atoms with Crippen LogP contribution < -0.4 is 10.2 Å². The zero-order valence-corrected chi connectivity index (χ0v) is 21.5. The van der Waals surface area contributed by atoms with E-state index in [1.165, 1.54) is 30.3 Å². The molecule has 1 atom stereocenters. The van der Waals surface area contributed by atoms with E-state index in [1.807, 2.05) is 31.2 Å². The van der Waals surface area contributed by atoms with Crippen LogP contribution in [0.4, 0.5) is 10.1 Å². The van der Waals surface area contributed by atoms with Crippen molar-refractivity contribution in [2.24, 2.45) is 0 Å². The number of aromatic nitrogens is 4. The van der Waals surface area contributed by atoms with E-state index < -0.39 is 23.7 Å². The Hall–Kier alpha value is -4.60. The molecule has 2 N–H and O–H groups in total. The molecule has 9 nitrogen and oxygen atoms in total. The summed E-state index contributed by atoms with van der Waals surface area (Å²) < 4.78 is 15.2. The molecule has 5 rings (SSSR count). The van der Waals surface area contributed by atoms with Gasteiger partial charge in [-0.05, 0) is 54.8 Å². The summed E-state index contributed by atoms with van der Waals surface area (Å²) in [5.41, 5.74) is 2.19. The zero-order chi connectivity index (χ0) is 27.4. The average Bonchev–Trinajstić information content (AvgIpc) is 3.61. The third-order valence-electron chi connectivity index (χ3n) is 6.84. The Morgan fingerprint density at radius 1 is 1.05 bits per heavy atom. The fraction of sp³-hybridized carbons (Fsp3) is 0.276. The van der Waals surface area contributed by atoms with Gasteiger partial charge in [0.2, 0.25) is 11.7 Å². The summed E-state index contributed by atoms with van der Waals surface area (Å²) in [6.45, 7) is 1.59. The first-order valence-electron chi connectivity index (χ1n) is 12.9.